The Balaban J connectivity index is 1.93. The van der Waals surface area contributed by atoms with Gasteiger partial charge in [-0.25, -0.2) is 8.42 Å². The molecule has 10 nitrogen and oxygen atoms in total. The summed E-state index contributed by atoms with van der Waals surface area (Å²) in [6, 6.07) is 20.9. The Morgan fingerprint density at radius 1 is 0.429 bits per heavy atom. The lowest BCUT2D eigenvalue weighted by Crippen LogP contribution is -2.19. The van der Waals surface area contributed by atoms with Gasteiger partial charge in [-0.15, -0.1) is 0 Å². The van der Waals surface area contributed by atoms with Crippen molar-refractivity contribution in [3.8, 4) is 46.0 Å². The fraction of sp³-hybridized carbons (Fsp3) is 0.263. The van der Waals surface area contributed by atoms with E-state index in [0.717, 1.165) is 0 Å². The van der Waals surface area contributed by atoms with E-state index >= 15 is 8.42 Å². The van der Waals surface area contributed by atoms with E-state index in [1.807, 2.05) is 0 Å². The zero-order valence-corrected chi connectivity index (χ0v) is 29.7. The van der Waals surface area contributed by atoms with Gasteiger partial charge in [0.25, 0.3) is 0 Å². The number of hydrogen-bond acceptors (Lipinski definition) is 10. The molecule has 0 N–H and O–H groups in total. The largest absolute Gasteiger partial charge is 0.497 e. The maximum atomic E-state index is 15.0. The third-order valence-corrected chi connectivity index (χ3v) is 10.2. The highest BCUT2D eigenvalue weighted by Crippen LogP contribution is 2.44. The lowest BCUT2D eigenvalue weighted by Gasteiger charge is -2.22. The Morgan fingerprint density at radius 2 is 0.776 bits per heavy atom. The molecule has 0 fully saturated rings. The molecule has 11 heteroatoms. The first-order valence-corrected chi connectivity index (χ1v) is 16.8. The van der Waals surface area contributed by atoms with E-state index in [4.69, 9.17) is 37.9 Å². The Kier molecular flexibility index (Phi) is 12.5. The first kappa shape index (κ1) is 36.5. The minimum atomic E-state index is -4.09. The molecule has 0 saturated heterocycles. The summed E-state index contributed by atoms with van der Waals surface area (Å²) in [5.74, 6) is 3.72. The second-order valence-corrected chi connectivity index (χ2v) is 12.7. The second kappa shape index (κ2) is 16.7. The van der Waals surface area contributed by atoms with Crippen LogP contribution in [0.4, 0.5) is 0 Å². The molecule has 4 aromatic carbocycles. The number of benzene rings is 4. The number of methoxy groups -OCH3 is 8. The molecule has 0 aromatic heterocycles. The van der Waals surface area contributed by atoms with E-state index in [2.05, 4.69) is 0 Å². The van der Waals surface area contributed by atoms with Crippen LogP contribution in [-0.2, 0) is 9.84 Å². The molecule has 0 radical (unpaired) electrons. The van der Waals surface area contributed by atoms with Gasteiger partial charge in [-0.2, -0.15) is 0 Å². The molecular weight excluding hydrogens is 648 g/mol. The fourth-order valence-electron chi connectivity index (χ4n) is 5.46. The van der Waals surface area contributed by atoms with E-state index < -0.39 is 20.3 Å². The highest BCUT2D eigenvalue weighted by Gasteiger charge is 2.34. The van der Waals surface area contributed by atoms with Crippen LogP contribution in [0.1, 0.15) is 32.8 Å². The molecule has 4 aromatic rings. The minimum Gasteiger partial charge on any atom is -0.497 e. The van der Waals surface area contributed by atoms with E-state index in [9.17, 15) is 0 Å². The summed E-state index contributed by atoms with van der Waals surface area (Å²) >= 11 is 0. The number of rotatable bonds is 16. The molecule has 0 spiro atoms. The van der Waals surface area contributed by atoms with Gasteiger partial charge in [0.1, 0.15) is 22.0 Å². The highest BCUT2D eigenvalue weighted by atomic mass is 32.2. The zero-order valence-electron chi connectivity index (χ0n) is 28.9. The summed E-state index contributed by atoms with van der Waals surface area (Å²) in [4.78, 5) is 0. The predicted octanol–water partition coefficient (Wildman–Crippen LogP) is 7.38. The van der Waals surface area contributed by atoms with Crippen LogP contribution in [0.25, 0.3) is 12.2 Å². The quantitative estimate of drug-likeness (QED) is 0.118. The Bertz CT molecular complexity index is 1730. The number of sulfone groups is 1. The first-order chi connectivity index (χ1) is 23.7. The minimum absolute atomic E-state index is 0.388. The molecule has 0 aliphatic carbocycles. The average Bonchev–Trinajstić information content (AvgIpc) is 3.14. The third-order valence-electron chi connectivity index (χ3n) is 7.97. The predicted molar refractivity (Wildman–Crippen MR) is 191 cm³/mol. The van der Waals surface area contributed by atoms with Crippen molar-refractivity contribution < 1.29 is 46.3 Å². The van der Waals surface area contributed by atoms with Gasteiger partial charge in [-0.1, -0.05) is 48.6 Å². The standard InChI is InChI=1S/C38H42O10S/c1-41-29-17-9-25(10-18-29)33(23-15-27-13-21-31(43-3)37(47-7)35(27)45-5)49(39,40)34(26-11-19-30(42-2)20-12-26)24-16-28-14-22-32(44-4)38(48-8)36(28)46-6/h9-24,33-34H,1-8H3. The van der Waals surface area contributed by atoms with E-state index in [1.165, 1.54) is 42.7 Å². The molecule has 0 bridgehead atoms. The average molecular weight is 691 g/mol. The van der Waals surface area contributed by atoms with E-state index in [-0.39, 0.29) is 0 Å². The van der Waals surface area contributed by atoms with Crippen molar-refractivity contribution in [3.63, 3.8) is 0 Å². The SMILES string of the molecule is COc1ccc(C(C=Cc2ccc(OC)c(OC)c2OC)S(=O)(=O)C(C=Cc2ccc(OC)c(OC)c2OC)c2ccc(OC)cc2)cc1. The Hall–Kier alpha value is -5.29. The normalized spacial score (nSPS) is 12.7. The summed E-state index contributed by atoms with van der Waals surface area (Å²) in [5, 5.41) is -2.22. The van der Waals surface area contributed by atoms with Crippen molar-refractivity contribution in [1.29, 1.82) is 0 Å². The van der Waals surface area contributed by atoms with Crippen LogP contribution in [0, 0.1) is 0 Å². The number of ether oxygens (including phenoxy) is 8. The van der Waals surface area contributed by atoms with Crippen molar-refractivity contribution in [3.05, 3.63) is 107 Å². The van der Waals surface area contributed by atoms with Crippen molar-refractivity contribution in [1.82, 2.24) is 0 Å². The van der Waals surface area contributed by atoms with Gasteiger partial charge in [0.05, 0.1) is 56.9 Å². The van der Waals surface area contributed by atoms with Gasteiger partial charge in [0, 0.05) is 11.1 Å². The van der Waals surface area contributed by atoms with Crippen molar-refractivity contribution in [2.75, 3.05) is 56.9 Å². The van der Waals surface area contributed by atoms with Crippen molar-refractivity contribution >= 4 is 22.0 Å². The van der Waals surface area contributed by atoms with Crippen molar-refractivity contribution in [2.24, 2.45) is 0 Å². The molecule has 4 rings (SSSR count). The summed E-state index contributed by atoms with van der Waals surface area (Å²) in [7, 11) is 8.13. The van der Waals surface area contributed by atoms with Gasteiger partial charge in [0.2, 0.25) is 11.5 Å². The number of hydrogen-bond donors (Lipinski definition) is 0. The van der Waals surface area contributed by atoms with Crippen LogP contribution in [0.15, 0.2) is 84.9 Å². The lowest BCUT2D eigenvalue weighted by molar-refractivity contribution is 0.324. The molecule has 2 atom stereocenters. The Labute approximate surface area is 288 Å². The van der Waals surface area contributed by atoms with Crippen LogP contribution in [0.3, 0.4) is 0 Å². The molecule has 0 heterocycles. The van der Waals surface area contributed by atoms with Gasteiger partial charge >= 0.3 is 0 Å². The smallest absolute Gasteiger partial charge is 0.203 e. The maximum Gasteiger partial charge on any atom is 0.203 e. The molecule has 49 heavy (non-hydrogen) atoms. The van der Waals surface area contributed by atoms with Crippen LogP contribution < -0.4 is 37.9 Å². The molecule has 0 amide bonds. The Morgan fingerprint density at radius 3 is 1.06 bits per heavy atom. The van der Waals surface area contributed by atoms with Crippen LogP contribution in [-0.4, -0.2) is 65.3 Å². The fourth-order valence-corrected chi connectivity index (χ4v) is 7.44. The second-order valence-electron chi connectivity index (χ2n) is 10.5. The molecule has 0 aliphatic rings. The molecule has 260 valence electrons. The topological polar surface area (TPSA) is 108 Å². The van der Waals surface area contributed by atoms with Gasteiger partial charge in [-0.3, -0.25) is 0 Å². The third kappa shape index (κ3) is 7.89. The summed E-state index contributed by atoms with van der Waals surface area (Å²) in [5.41, 5.74) is 2.26. The van der Waals surface area contributed by atoms with Crippen molar-refractivity contribution in [2.45, 2.75) is 10.5 Å². The molecule has 0 saturated carbocycles. The van der Waals surface area contributed by atoms with Crippen LogP contribution in [0.5, 0.6) is 46.0 Å². The molecule has 2 unspecified atom stereocenters. The lowest BCUT2D eigenvalue weighted by atomic mass is 10.1. The maximum absolute atomic E-state index is 15.0. The summed E-state index contributed by atoms with van der Waals surface area (Å²) < 4.78 is 74.1. The van der Waals surface area contributed by atoms with Crippen LogP contribution in [0.2, 0.25) is 0 Å². The van der Waals surface area contributed by atoms with Gasteiger partial charge in [-0.05, 0) is 59.7 Å². The van der Waals surface area contributed by atoms with Gasteiger partial charge in [0.15, 0.2) is 32.8 Å². The van der Waals surface area contributed by atoms with Gasteiger partial charge < -0.3 is 37.9 Å². The molecule has 0 aliphatic heterocycles. The monoisotopic (exact) mass is 690 g/mol. The van der Waals surface area contributed by atoms with E-state index in [1.54, 1.807) is 111 Å². The van der Waals surface area contributed by atoms with Crippen LogP contribution >= 0.6 is 0 Å². The summed E-state index contributed by atoms with van der Waals surface area (Å²) in [6.45, 7) is 0. The van der Waals surface area contributed by atoms with E-state index in [0.29, 0.717) is 68.2 Å². The zero-order chi connectivity index (χ0) is 35.6. The highest BCUT2D eigenvalue weighted by molar-refractivity contribution is 7.92. The first-order valence-electron chi connectivity index (χ1n) is 15.2. The summed E-state index contributed by atoms with van der Waals surface area (Å²) in [6.07, 6.45) is 6.70. The molecular formula is C38H42O10S.